The molecule has 0 saturated heterocycles. The van der Waals surface area contributed by atoms with Crippen molar-refractivity contribution in [1.29, 1.82) is 0 Å². The van der Waals surface area contributed by atoms with Gasteiger partial charge in [-0.05, 0) is 30.4 Å². The van der Waals surface area contributed by atoms with Crippen LogP contribution in [0, 0.1) is 31.1 Å². The number of hydrogen-bond acceptors (Lipinski definition) is 2. The predicted octanol–water partition coefficient (Wildman–Crippen LogP) is 4.78. The molecule has 2 aromatic carbocycles. The Kier molecular flexibility index (Phi) is 3.06. The third kappa shape index (κ3) is 2.24. The monoisotopic (exact) mass is 302 g/mol. The second-order valence-corrected chi connectivity index (χ2v) is 7.48. The van der Waals surface area contributed by atoms with E-state index in [-0.39, 0.29) is 5.41 Å². The molecule has 2 aromatic rings. The molecule has 0 radical (unpaired) electrons. The summed E-state index contributed by atoms with van der Waals surface area (Å²) < 4.78 is 0. The lowest BCUT2D eigenvalue weighted by Gasteiger charge is -2.12. The maximum Gasteiger partial charge on any atom is 0.0746 e. The van der Waals surface area contributed by atoms with Gasteiger partial charge < -0.3 is 0 Å². The summed E-state index contributed by atoms with van der Waals surface area (Å²) in [4.78, 5) is 0. The lowest BCUT2D eigenvalue weighted by molar-refractivity contribution is 0.603. The molecule has 1 fully saturated rings. The molecule has 0 unspecified atom stereocenters. The Bertz CT molecular complexity index is 738. The molecule has 2 nitrogen and oxygen atoms in total. The van der Waals surface area contributed by atoms with Crippen molar-refractivity contribution in [2.45, 2.75) is 27.7 Å². The molecular formula is C21H22N2. The summed E-state index contributed by atoms with van der Waals surface area (Å²) in [5.74, 6) is 0.943. The van der Waals surface area contributed by atoms with E-state index in [1.54, 1.807) is 0 Å². The Morgan fingerprint density at radius 3 is 1.35 bits per heavy atom. The molecule has 0 N–H and O–H groups in total. The van der Waals surface area contributed by atoms with Gasteiger partial charge in [0.1, 0.15) is 0 Å². The fraction of sp³-hybridized carbons (Fsp3) is 0.333. The van der Waals surface area contributed by atoms with Crippen LogP contribution in [0.3, 0.4) is 0 Å². The molecule has 0 spiro atoms. The summed E-state index contributed by atoms with van der Waals surface area (Å²) in [7, 11) is 0. The standard InChI is InChI=1S/C21H22N2/c1-13-5-9-15(10-6-13)19-17-18(21(17,3)4)20(23-22-19)16-11-7-14(2)8-12-16/h5-12,17-18H,1-4H3/t17-,18+. The van der Waals surface area contributed by atoms with Crippen LogP contribution in [0.25, 0.3) is 0 Å². The second kappa shape index (κ2) is 4.89. The highest BCUT2D eigenvalue weighted by Crippen LogP contribution is 2.62. The lowest BCUT2D eigenvalue weighted by Crippen LogP contribution is -2.15. The zero-order valence-electron chi connectivity index (χ0n) is 14.2. The minimum absolute atomic E-state index is 0.226. The molecule has 0 bridgehead atoms. The normalized spacial score (nSPS) is 24.5. The van der Waals surface area contributed by atoms with Crippen molar-refractivity contribution in [2.75, 3.05) is 0 Å². The molecule has 2 heteroatoms. The van der Waals surface area contributed by atoms with Crippen molar-refractivity contribution in [1.82, 2.24) is 0 Å². The van der Waals surface area contributed by atoms with Crippen LogP contribution in [0.2, 0.25) is 0 Å². The smallest absolute Gasteiger partial charge is 0.0746 e. The largest absolute Gasteiger partial charge is 0.154 e. The van der Waals surface area contributed by atoms with Gasteiger partial charge in [0.2, 0.25) is 0 Å². The maximum absolute atomic E-state index is 4.63. The summed E-state index contributed by atoms with van der Waals surface area (Å²) in [5, 5.41) is 9.27. The Labute approximate surface area is 138 Å². The molecule has 116 valence electrons. The average Bonchev–Trinajstić information content (AvgIpc) is 3.12. The zero-order chi connectivity index (χ0) is 16.2. The molecule has 2 atom stereocenters. The van der Waals surface area contributed by atoms with E-state index in [9.17, 15) is 0 Å². The first-order chi connectivity index (χ1) is 11.0. The van der Waals surface area contributed by atoms with E-state index in [0.29, 0.717) is 11.8 Å². The maximum atomic E-state index is 4.63. The topological polar surface area (TPSA) is 24.7 Å². The first-order valence-corrected chi connectivity index (χ1v) is 8.28. The van der Waals surface area contributed by atoms with Crippen LogP contribution < -0.4 is 0 Å². The van der Waals surface area contributed by atoms with Crippen molar-refractivity contribution in [3.05, 3.63) is 70.8 Å². The SMILES string of the molecule is Cc1ccc(C2=NN=C(c3ccc(C)cc3)[C@H]3[C@@H]2C3(C)C)cc1. The minimum atomic E-state index is 0.226. The Morgan fingerprint density at radius 2 is 1.00 bits per heavy atom. The molecule has 1 aliphatic heterocycles. The summed E-state index contributed by atoms with van der Waals surface area (Å²) >= 11 is 0. The first-order valence-electron chi connectivity index (χ1n) is 8.28. The number of fused-ring (bicyclic) bond motifs is 1. The predicted molar refractivity (Wildman–Crippen MR) is 96.2 cm³/mol. The summed E-state index contributed by atoms with van der Waals surface area (Å²) in [6.07, 6.45) is 0. The molecule has 0 amide bonds. The van der Waals surface area contributed by atoms with Crippen molar-refractivity contribution in [3.8, 4) is 0 Å². The molecule has 4 rings (SSSR count). The molecule has 23 heavy (non-hydrogen) atoms. The highest BCUT2D eigenvalue weighted by molar-refractivity contribution is 6.15. The van der Waals surface area contributed by atoms with Gasteiger partial charge in [-0.1, -0.05) is 73.5 Å². The van der Waals surface area contributed by atoms with Crippen LogP contribution in [0.5, 0.6) is 0 Å². The van der Waals surface area contributed by atoms with Gasteiger partial charge in [-0.2, -0.15) is 10.2 Å². The van der Waals surface area contributed by atoms with Crippen molar-refractivity contribution < 1.29 is 0 Å². The van der Waals surface area contributed by atoms with E-state index in [4.69, 9.17) is 0 Å². The Hall–Kier alpha value is -2.22. The van der Waals surface area contributed by atoms with Gasteiger partial charge in [0.05, 0.1) is 11.4 Å². The first kappa shape index (κ1) is 14.4. The van der Waals surface area contributed by atoms with Crippen LogP contribution in [0.15, 0.2) is 58.7 Å². The number of hydrogen-bond donors (Lipinski definition) is 0. The Balaban J connectivity index is 1.77. The second-order valence-electron chi connectivity index (χ2n) is 7.48. The molecule has 2 aliphatic rings. The minimum Gasteiger partial charge on any atom is -0.154 e. The molecule has 1 heterocycles. The quantitative estimate of drug-likeness (QED) is 0.762. The zero-order valence-corrected chi connectivity index (χ0v) is 14.2. The molecule has 1 saturated carbocycles. The van der Waals surface area contributed by atoms with Crippen LogP contribution in [0.1, 0.15) is 36.1 Å². The molecule has 0 aromatic heterocycles. The Morgan fingerprint density at radius 1 is 0.652 bits per heavy atom. The van der Waals surface area contributed by atoms with Gasteiger partial charge in [-0.3, -0.25) is 0 Å². The van der Waals surface area contributed by atoms with Crippen molar-refractivity contribution in [2.24, 2.45) is 27.5 Å². The van der Waals surface area contributed by atoms with Crippen LogP contribution in [-0.2, 0) is 0 Å². The molecular weight excluding hydrogens is 280 g/mol. The number of aryl methyl sites for hydroxylation is 2. The van der Waals surface area contributed by atoms with Gasteiger partial charge in [-0.15, -0.1) is 0 Å². The fourth-order valence-electron chi connectivity index (χ4n) is 3.81. The van der Waals surface area contributed by atoms with Crippen molar-refractivity contribution >= 4 is 11.4 Å². The lowest BCUT2D eigenvalue weighted by atomic mass is 9.98. The highest BCUT2D eigenvalue weighted by Gasteiger charge is 2.64. The van der Waals surface area contributed by atoms with E-state index in [2.05, 4.69) is 86.4 Å². The van der Waals surface area contributed by atoms with Gasteiger partial charge in [0.25, 0.3) is 0 Å². The van der Waals surface area contributed by atoms with Gasteiger partial charge in [-0.25, -0.2) is 0 Å². The number of benzene rings is 2. The van der Waals surface area contributed by atoms with Crippen molar-refractivity contribution in [3.63, 3.8) is 0 Å². The average molecular weight is 302 g/mol. The van der Waals surface area contributed by atoms with Gasteiger partial charge >= 0.3 is 0 Å². The van der Waals surface area contributed by atoms with Gasteiger partial charge in [0.15, 0.2) is 0 Å². The van der Waals surface area contributed by atoms with Crippen LogP contribution in [0.4, 0.5) is 0 Å². The van der Waals surface area contributed by atoms with E-state index in [1.807, 2.05) is 0 Å². The summed E-state index contributed by atoms with van der Waals surface area (Å²) in [6, 6.07) is 17.3. The van der Waals surface area contributed by atoms with Crippen LogP contribution >= 0.6 is 0 Å². The van der Waals surface area contributed by atoms with E-state index >= 15 is 0 Å². The third-order valence-corrected chi connectivity index (χ3v) is 5.38. The fourth-order valence-corrected chi connectivity index (χ4v) is 3.81. The van der Waals surface area contributed by atoms with E-state index in [1.165, 1.54) is 22.3 Å². The van der Waals surface area contributed by atoms with E-state index < -0.39 is 0 Å². The number of nitrogens with zero attached hydrogens (tertiary/aromatic N) is 2. The van der Waals surface area contributed by atoms with Gasteiger partial charge in [0, 0.05) is 11.8 Å². The number of rotatable bonds is 2. The van der Waals surface area contributed by atoms with Crippen LogP contribution in [-0.4, -0.2) is 11.4 Å². The third-order valence-electron chi connectivity index (χ3n) is 5.38. The van der Waals surface area contributed by atoms with E-state index in [0.717, 1.165) is 11.4 Å². The highest BCUT2D eigenvalue weighted by atomic mass is 15.2. The summed E-state index contributed by atoms with van der Waals surface area (Å²) in [5.41, 5.74) is 7.50. The molecule has 1 aliphatic carbocycles. The summed E-state index contributed by atoms with van der Waals surface area (Å²) in [6.45, 7) is 8.90.